The van der Waals surface area contributed by atoms with Gasteiger partial charge in [-0.15, -0.1) is 0 Å². The van der Waals surface area contributed by atoms with Gasteiger partial charge in [0.15, 0.2) is 0 Å². The fourth-order valence-electron chi connectivity index (χ4n) is 2.80. The Morgan fingerprint density at radius 1 is 1.30 bits per heavy atom. The largest absolute Gasteiger partial charge is 0.494 e. The molecule has 0 aliphatic carbocycles. The summed E-state index contributed by atoms with van der Waals surface area (Å²) in [6.07, 6.45) is 3.37. The van der Waals surface area contributed by atoms with Gasteiger partial charge in [-0.2, -0.15) is 0 Å². The quantitative estimate of drug-likeness (QED) is 0.832. The smallest absolute Gasteiger partial charge is 0.304 e. The third-order valence-electron chi connectivity index (χ3n) is 3.77. The summed E-state index contributed by atoms with van der Waals surface area (Å²) in [5, 5.41) is 9.09. The van der Waals surface area contributed by atoms with Crippen LogP contribution in [0.2, 0.25) is 0 Å². The number of hydrogen-bond acceptors (Lipinski definition) is 3. The molecule has 1 saturated heterocycles. The van der Waals surface area contributed by atoms with E-state index >= 15 is 0 Å². The molecule has 1 heterocycles. The average molecular weight is 277 g/mol. The monoisotopic (exact) mass is 277 g/mol. The van der Waals surface area contributed by atoms with Gasteiger partial charge >= 0.3 is 5.97 Å². The van der Waals surface area contributed by atoms with Gasteiger partial charge in [0.05, 0.1) is 13.0 Å². The van der Waals surface area contributed by atoms with Crippen LogP contribution in [0.25, 0.3) is 0 Å². The summed E-state index contributed by atoms with van der Waals surface area (Å²) >= 11 is 0. The Labute approximate surface area is 120 Å². The Kier molecular flexibility index (Phi) is 5.41. The van der Waals surface area contributed by atoms with Crippen molar-refractivity contribution in [2.45, 2.75) is 38.6 Å². The van der Waals surface area contributed by atoms with Gasteiger partial charge in [-0.05, 0) is 57.0 Å². The minimum Gasteiger partial charge on any atom is -0.494 e. The first-order chi connectivity index (χ1) is 9.69. The highest BCUT2D eigenvalue weighted by Gasteiger charge is 2.24. The molecule has 1 aliphatic rings. The zero-order valence-electron chi connectivity index (χ0n) is 12.0. The minimum absolute atomic E-state index is 0.105. The van der Waals surface area contributed by atoms with E-state index < -0.39 is 5.97 Å². The topological polar surface area (TPSA) is 49.8 Å². The molecule has 0 saturated carbocycles. The number of ether oxygens (including phenoxy) is 1. The van der Waals surface area contributed by atoms with Crippen molar-refractivity contribution in [2.24, 2.45) is 0 Å². The number of carboxylic acid groups (broad SMARTS) is 1. The third kappa shape index (κ3) is 4.23. The Morgan fingerprint density at radius 2 is 1.95 bits per heavy atom. The van der Waals surface area contributed by atoms with Gasteiger partial charge < -0.3 is 9.84 Å². The van der Waals surface area contributed by atoms with Crippen molar-refractivity contribution in [2.75, 3.05) is 19.7 Å². The van der Waals surface area contributed by atoms with Crippen molar-refractivity contribution in [1.29, 1.82) is 0 Å². The number of hydrogen-bond donors (Lipinski definition) is 1. The number of aliphatic carboxylic acids is 1. The first-order valence-corrected chi connectivity index (χ1v) is 7.36. The summed E-state index contributed by atoms with van der Waals surface area (Å²) in [5.41, 5.74) is 1.17. The van der Waals surface area contributed by atoms with Crippen molar-refractivity contribution in [3.05, 3.63) is 29.8 Å². The van der Waals surface area contributed by atoms with E-state index in [1.54, 1.807) is 0 Å². The van der Waals surface area contributed by atoms with Crippen LogP contribution in [0, 0.1) is 0 Å². The predicted octanol–water partition coefficient (Wildman–Crippen LogP) is 2.57. The molecule has 2 rings (SSSR count). The van der Waals surface area contributed by atoms with Crippen molar-refractivity contribution in [1.82, 2.24) is 4.90 Å². The molecule has 1 aliphatic heterocycles. The molecule has 110 valence electrons. The molecule has 1 unspecified atom stereocenters. The van der Waals surface area contributed by atoms with Gasteiger partial charge in [-0.25, -0.2) is 0 Å². The molecular formula is C16H23NO3. The second kappa shape index (κ2) is 7.29. The van der Waals surface area contributed by atoms with Gasteiger partial charge in [-0.3, -0.25) is 9.69 Å². The summed E-state index contributed by atoms with van der Waals surface area (Å²) in [5.74, 6) is 0.153. The number of nitrogens with zero attached hydrogens (tertiary/aromatic N) is 1. The fourth-order valence-corrected chi connectivity index (χ4v) is 2.80. The zero-order valence-corrected chi connectivity index (χ0v) is 12.0. The Bertz CT molecular complexity index is 424. The lowest BCUT2D eigenvalue weighted by molar-refractivity contribution is -0.138. The number of benzene rings is 1. The molecule has 0 radical (unpaired) electrons. The molecule has 20 heavy (non-hydrogen) atoms. The summed E-state index contributed by atoms with van der Waals surface area (Å²) in [6.45, 7) is 4.67. The number of rotatable bonds is 7. The molecule has 4 nitrogen and oxygen atoms in total. The highest BCUT2D eigenvalue weighted by Crippen LogP contribution is 2.20. The van der Waals surface area contributed by atoms with Gasteiger partial charge in [0, 0.05) is 6.04 Å². The average Bonchev–Trinajstić information content (AvgIpc) is 2.94. The maximum Gasteiger partial charge on any atom is 0.304 e. The lowest BCUT2D eigenvalue weighted by atomic mass is 10.0. The molecule has 4 heteroatoms. The molecule has 1 aromatic carbocycles. The Morgan fingerprint density at radius 3 is 2.50 bits per heavy atom. The number of likely N-dealkylation sites (tertiary alicyclic amines) is 1. The van der Waals surface area contributed by atoms with E-state index in [9.17, 15) is 4.79 Å². The van der Waals surface area contributed by atoms with E-state index in [1.165, 1.54) is 18.4 Å². The summed E-state index contributed by atoms with van der Waals surface area (Å²) in [7, 11) is 0. The van der Waals surface area contributed by atoms with E-state index in [0.717, 1.165) is 25.3 Å². The molecule has 1 fully saturated rings. The predicted molar refractivity (Wildman–Crippen MR) is 78.2 cm³/mol. The van der Waals surface area contributed by atoms with Crippen LogP contribution in [-0.4, -0.2) is 41.7 Å². The van der Waals surface area contributed by atoms with Crippen LogP contribution in [0.3, 0.4) is 0 Å². The summed E-state index contributed by atoms with van der Waals surface area (Å²) in [6, 6.07) is 8.10. The minimum atomic E-state index is -0.715. The molecular weight excluding hydrogens is 254 g/mol. The van der Waals surface area contributed by atoms with Crippen LogP contribution in [-0.2, 0) is 11.2 Å². The molecule has 1 N–H and O–H groups in total. The normalized spacial score (nSPS) is 17.1. The Balaban J connectivity index is 2.00. The SMILES string of the molecule is CCOc1ccc(CC(CC(=O)O)N2CCCC2)cc1. The van der Waals surface area contributed by atoms with E-state index in [4.69, 9.17) is 9.84 Å². The molecule has 0 aromatic heterocycles. The first kappa shape index (κ1) is 14.9. The molecule has 1 aromatic rings. The number of carbonyl (C=O) groups is 1. The molecule has 0 amide bonds. The van der Waals surface area contributed by atoms with Gasteiger partial charge in [-0.1, -0.05) is 12.1 Å². The van der Waals surface area contributed by atoms with Crippen LogP contribution in [0.1, 0.15) is 31.7 Å². The lowest BCUT2D eigenvalue weighted by Gasteiger charge is -2.26. The van der Waals surface area contributed by atoms with E-state index in [-0.39, 0.29) is 12.5 Å². The molecule has 0 spiro atoms. The van der Waals surface area contributed by atoms with Crippen LogP contribution in [0.15, 0.2) is 24.3 Å². The highest BCUT2D eigenvalue weighted by atomic mass is 16.5. The Hall–Kier alpha value is -1.55. The van der Waals surface area contributed by atoms with Crippen molar-refractivity contribution < 1.29 is 14.6 Å². The maximum atomic E-state index is 11.0. The lowest BCUT2D eigenvalue weighted by Crippen LogP contribution is -2.36. The molecule has 1 atom stereocenters. The van der Waals surface area contributed by atoms with Crippen molar-refractivity contribution in [3.8, 4) is 5.75 Å². The third-order valence-corrected chi connectivity index (χ3v) is 3.77. The standard InChI is InChI=1S/C16H23NO3/c1-2-20-15-7-5-13(6-8-15)11-14(12-16(18)19)17-9-3-4-10-17/h5-8,14H,2-4,9-12H2,1H3,(H,18,19). The van der Waals surface area contributed by atoms with Crippen LogP contribution < -0.4 is 4.74 Å². The zero-order chi connectivity index (χ0) is 14.4. The van der Waals surface area contributed by atoms with Crippen LogP contribution in [0.4, 0.5) is 0 Å². The highest BCUT2D eigenvalue weighted by molar-refractivity contribution is 5.67. The van der Waals surface area contributed by atoms with Gasteiger partial charge in [0.25, 0.3) is 0 Å². The second-order valence-electron chi connectivity index (χ2n) is 5.28. The van der Waals surface area contributed by atoms with Crippen LogP contribution in [0.5, 0.6) is 5.75 Å². The van der Waals surface area contributed by atoms with Gasteiger partial charge in [0.2, 0.25) is 0 Å². The van der Waals surface area contributed by atoms with Crippen molar-refractivity contribution in [3.63, 3.8) is 0 Å². The first-order valence-electron chi connectivity index (χ1n) is 7.36. The van der Waals surface area contributed by atoms with Crippen molar-refractivity contribution >= 4 is 5.97 Å². The number of carboxylic acids is 1. The second-order valence-corrected chi connectivity index (χ2v) is 5.28. The van der Waals surface area contributed by atoms with Crippen LogP contribution >= 0.6 is 0 Å². The maximum absolute atomic E-state index is 11.0. The summed E-state index contributed by atoms with van der Waals surface area (Å²) in [4.78, 5) is 13.4. The van der Waals surface area contributed by atoms with Gasteiger partial charge in [0.1, 0.15) is 5.75 Å². The van der Waals surface area contributed by atoms with E-state index in [2.05, 4.69) is 4.90 Å². The van der Waals surface area contributed by atoms with E-state index in [0.29, 0.717) is 6.61 Å². The molecule has 0 bridgehead atoms. The fraction of sp³-hybridized carbons (Fsp3) is 0.562. The van der Waals surface area contributed by atoms with E-state index in [1.807, 2.05) is 31.2 Å². The summed E-state index contributed by atoms with van der Waals surface area (Å²) < 4.78 is 5.43.